The van der Waals surface area contributed by atoms with E-state index in [4.69, 9.17) is 4.74 Å². The topological polar surface area (TPSA) is 62.8 Å². The van der Waals surface area contributed by atoms with E-state index in [0.717, 1.165) is 4.88 Å². The zero-order valence-electron chi connectivity index (χ0n) is 13.6. The second kappa shape index (κ2) is 6.07. The Morgan fingerprint density at radius 2 is 2.28 bits per heavy atom. The number of rotatable bonds is 5. The summed E-state index contributed by atoms with van der Waals surface area (Å²) in [6.45, 7) is 0. The Labute approximate surface area is 147 Å². The van der Waals surface area contributed by atoms with Gasteiger partial charge in [-0.3, -0.25) is 10.4 Å². The average Bonchev–Trinajstić information content (AvgIpc) is 3.35. The zero-order valence-corrected chi connectivity index (χ0v) is 14.4. The minimum absolute atomic E-state index is 0.00725. The highest BCUT2D eigenvalue weighted by atomic mass is 32.1. The van der Waals surface area contributed by atoms with Gasteiger partial charge in [-0.25, -0.2) is 4.98 Å². The number of nitrogens with one attached hydrogen (secondary N) is 2. The predicted octanol–water partition coefficient (Wildman–Crippen LogP) is 3.29. The van der Waals surface area contributed by atoms with Gasteiger partial charge in [0.1, 0.15) is 18.2 Å². The third kappa shape index (κ3) is 2.69. The fraction of sp³-hybridized carbons (Fsp3) is 0.625. The molecule has 0 saturated heterocycles. The molecule has 2 heterocycles. The number of fused-ring (bicyclic) bond motifs is 2. The Morgan fingerprint density at radius 1 is 1.44 bits per heavy atom. The van der Waals surface area contributed by atoms with Crippen molar-refractivity contribution in [1.29, 1.82) is 0 Å². The first kappa shape index (κ1) is 17.0. The first-order chi connectivity index (χ1) is 11.9. The molecule has 2 bridgehead atoms. The van der Waals surface area contributed by atoms with Crippen LogP contribution in [-0.2, 0) is 4.74 Å². The SMILES string of the molecule is CO[C@]1(C(F)(F)F)C[C@H]2C[C@@H]1C[C@@H]2NC(c1ncn[nH]1)c1cccs1. The summed E-state index contributed by atoms with van der Waals surface area (Å²) in [6, 6.07) is 3.76. The molecule has 25 heavy (non-hydrogen) atoms. The van der Waals surface area contributed by atoms with Gasteiger partial charge in [-0.15, -0.1) is 11.3 Å². The number of nitrogens with zero attached hydrogens (tertiary/aromatic N) is 2. The average molecular weight is 372 g/mol. The highest BCUT2D eigenvalue weighted by molar-refractivity contribution is 7.10. The van der Waals surface area contributed by atoms with E-state index >= 15 is 0 Å². The molecule has 2 N–H and O–H groups in total. The Morgan fingerprint density at radius 3 is 2.80 bits per heavy atom. The normalized spacial score (nSPS) is 33.0. The Kier molecular flexibility index (Phi) is 4.12. The quantitative estimate of drug-likeness (QED) is 0.845. The summed E-state index contributed by atoms with van der Waals surface area (Å²) in [4.78, 5) is 5.30. The predicted molar refractivity (Wildman–Crippen MR) is 86.1 cm³/mol. The van der Waals surface area contributed by atoms with E-state index in [-0.39, 0.29) is 24.4 Å². The van der Waals surface area contributed by atoms with E-state index in [9.17, 15) is 13.2 Å². The first-order valence-electron chi connectivity index (χ1n) is 8.21. The van der Waals surface area contributed by atoms with Gasteiger partial charge in [0, 0.05) is 18.0 Å². The van der Waals surface area contributed by atoms with Crippen molar-refractivity contribution in [3.8, 4) is 0 Å². The van der Waals surface area contributed by atoms with Gasteiger partial charge in [-0.1, -0.05) is 6.07 Å². The molecule has 5 atom stereocenters. The monoisotopic (exact) mass is 372 g/mol. The second-order valence-corrected chi connectivity index (χ2v) is 7.80. The largest absolute Gasteiger partial charge is 0.417 e. The van der Waals surface area contributed by atoms with Crippen LogP contribution >= 0.6 is 11.3 Å². The van der Waals surface area contributed by atoms with Gasteiger partial charge in [0.25, 0.3) is 0 Å². The van der Waals surface area contributed by atoms with Crippen molar-refractivity contribution < 1.29 is 17.9 Å². The minimum atomic E-state index is -4.33. The van der Waals surface area contributed by atoms with Gasteiger partial charge < -0.3 is 4.74 Å². The molecule has 2 fully saturated rings. The fourth-order valence-corrected chi connectivity index (χ4v) is 5.31. The number of aromatic nitrogens is 3. The maximum absolute atomic E-state index is 13.5. The molecule has 136 valence electrons. The third-order valence-electron chi connectivity index (χ3n) is 5.68. The highest BCUT2D eigenvalue weighted by Crippen LogP contribution is 2.58. The standard InChI is InChI=1S/C16H19F3N4OS/c1-24-15(16(17,18)19)7-9-5-10(15)6-11(9)22-13(12-3-2-4-25-12)14-20-8-21-23-14/h2-4,8-11,13,22H,5-7H2,1H3,(H,20,21,23)/t9-,10-,11+,13?,15-/m1/s1. The smallest absolute Gasteiger partial charge is 0.368 e. The molecule has 2 aromatic heterocycles. The maximum Gasteiger partial charge on any atom is 0.417 e. The molecule has 0 amide bonds. The van der Waals surface area contributed by atoms with Crippen LogP contribution in [0.2, 0.25) is 0 Å². The van der Waals surface area contributed by atoms with E-state index in [1.807, 2.05) is 17.5 Å². The van der Waals surface area contributed by atoms with Gasteiger partial charge >= 0.3 is 6.18 Å². The number of aromatic amines is 1. The highest BCUT2D eigenvalue weighted by Gasteiger charge is 2.68. The number of methoxy groups -OCH3 is 1. The van der Waals surface area contributed by atoms with E-state index < -0.39 is 17.7 Å². The lowest BCUT2D eigenvalue weighted by molar-refractivity contribution is -0.287. The van der Waals surface area contributed by atoms with Crippen LogP contribution in [0.3, 0.4) is 0 Å². The summed E-state index contributed by atoms with van der Waals surface area (Å²) in [5, 5.41) is 12.3. The number of thiophene rings is 1. The van der Waals surface area contributed by atoms with Gasteiger partial charge in [0.05, 0.1) is 0 Å². The molecule has 2 aliphatic rings. The number of ether oxygens (including phenoxy) is 1. The number of hydrogen-bond acceptors (Lipinski definition) is 5. The van der Waals surface area contributed by atoms with Crippen molar-refractivity contribution in [3.63, 3.8) is 0 Å². The van der Waals surface area contributed by atoms with Crippen molar-refractivity contribution in [2.24, 2.45) is 11.8 Å². The molecule has 2 aliphatic carbocycles. The minimum Gasteiger partial charge on any atom is -0.368 e. The lowest BCUT2D eigenvalue weighted by Gasteiger charge is -2.40. The summed E-state index contributed by atoms with van der Waals surface area (Å²) in [7, 11) is 1.18. The molecule has 4 rings (SSSR count). The Bertz CT molecular complexity index is 671. The Balaban J connectivity index is 1.54. The molecule has 0 aromatic carbocycles. The maximum atomic E-state index is 13.5. The van der Waals surface area contributed by atoms with Gasteiger partial charge in [-0.2, -0.15) is 18.3 Å². The van der Waals surface area contributed by atoms with E-state index in [2.05, 4.69) is 20.5 Å². The molecule has 9 heteroatoms. The summed E-state index contributed by atoms with van der Waals surface area (Å²) in [6.07, 6.45) is -1.88. The number of H-pyrrole nitrogens is 1. The molecule has 5 nitrogen and oxygen atoms in total. The van der Waals surface area contributed by atoms with Crippen LogP contribution in [0, 0.1) is 11.8 Å². The fourth-order valence-electron chi connectivity index (χ4n) is 4.52. The first-order valence-corrected chi connectivity index (χ1v) is 9.09. The lowest BCUT2D eigenvalue weighted by atomic mass is 9.81. The molecule has 2 saturated carbocycles. The van der Waals surface area contributed by atoms with E-state index in [1.165, 1.54) is 13.4 Å². The molecule has 0 aliphatic heterocycles. The van der Waals surface area contributed by atoms with Crippen LogP contribution in [-0.4, -0.2) is 40.1 Å². The van der Waals surface area contributed by atoms with Crippen LogP contribution in [0.4, 0.5) is 13.2 Å². The zero-order chi connectivity index (χ0) is 17.7. The van der Waals surface area contributed by atoms with Crippen molar-refractivity contribution >= 4 is 11.3 Å². The number of alkyl halides is 3. The van der Waals surface area contributed by atoms with Crippen LogP contribution in [0.15, 0.2) is 23.8 Å². The van der Waals surface area contributed by atoms with Crippen LogP contribution in [0.5, 0.6) is 0 Å². The molecule has 0 spiro atoms. The number of hydrogen-bond donors (Lipinski definition) is 2. The van der Waals surface area contributed by atoms with Crippen LogP contribution < -0.4 is 5.32 Å². The summed E-state index contributed by atoms with van der Waals surface area (Å²) in [5.74, 6) is 0.120. The lowest BCUT2D eigenvalue weighted by Crippen LogP contribution is -2.54. The van der Waals surface area contributed by atoms with Gasteiger partial charge in [0.2, 0.25) is 0 Å². The van der Waals surface area contributed by atoms with E-state index in [0.29, 0.717) is 18.7 Å². The molecule has 2 aromatic rings. The van der Waals surface area contributed by atoms with Crippen LogP contribution in [0.1, 0.15) is 36.0 Å². The van der Waals surface area contributed by atoms with Crippen LogP contribution in [0.25, 0.3) is 0 Å². The summed E-state index contributed by atoms with van der Waals surface area (Å²) in [5.41, 5.74) is -1.99. The second-order valence-electron chi connectivity index (χ2n) is 6.82. The van der Waals surface area contributed by atoms with Crippen molar-refractivity contribution in [3.05, 3.63) is 34.5 Å². The number of halogens is 3. The molecular weight excluding hydrogens is 353 g/mol. The van der Waals surface area contributed by atoms with E-state index in [1.54, 1.807) is 11.3 Å². The van der Waals surface area contributed by atoms with Crippen molar-refractivity contribution in [1.82, 2.24) is 20.5 Å². The van der Waals surface area contributed by atoms with Crippen molar-refractivity contribution in [2.75, 3.05) is 7.11 Å². The van der Waals surface area contributed by atoms with Gasteiger partial charge in [-0.05, 0) is 42.5 Å². The molecule has 0 radical (unpaired) electrons. The molecular formula is C16H19F3N4OS. The summed E-state index contributed by atoms with van der Waals surface area (Å²) < 4.78 is 45.6. The van der Waals surface area contributed by atoms with Crippen molar-refractivity contribution in [2.45, 2.75) is 43.1 Å². The van der Waals surface area contributed by atoms with Gasteiger partial charge in [0.15, 0.2) is 5.60 Å². The summed E-state index contributed by atoms with van der Waals surface area (Å²) >= 11 is 1.59. The molecule has 1 unspecified atom stereocenters. The Hall–Kier alpha value is -1.45. The third-order valence-corrected chi connectivity index (χ3v) is 6.62.